The van der Waals surface area contributed by atoms with Gasteiger partial charge in [-0.1, -0.05) is 164 Å². The van der Waals surface area contributed by atoms with Crippen molar-refractivity contribution in [3.8, 4) is 67.8 Å². The van der Waals surface area contributed by atoms with E-state index in [0.29, 0.717) is 17.5 Å². The lowest BCUT2D eigenvalue weighted by Crippen LogP contribution is -2.01. The molecular weight excluding hydrogens is 843 g/mol. The molecule has 4 aromatic heterocycles. The van der Waals surface area contributed by atoms with Gasteiger partial charge < -0.3 is 13.6 Å². The first-order valence-corrected chi connectivity index (χ1v) is 23.3. The molecule has 0 aliphatic heterocycles. The van der Waals surface area contributed by atoms with Gasteiger partial charge in [-0.15, -0.1) is 0 Å². The van der Waals surface area contributed by atoms with Gasteiger partial charge in [0, 0.05) is 60.4 Å². The minimum atomic E-state index is 0.623. The Balaban J connectivity index is 0.861. The zero-order chi connectivity index (χ0) is 45.4. The van der Waals surface area contributed by atoms with Crippen molar-refractivity contribution in [3.05, 3.63) is 237 Å². The Bertz CT molecular complexity index is 4240. The highest BCUT2D eigenvalue weighted by atomic mass is 16.3. The van der Waals surface area contributed by atoms with Crippen LogP contribution in [-0.4, -0.2) is 24.1 Å². The van der Waals surface area contributed by atoms with Crippen LogP contribution in [0.3, 0.4) is 0 Å². The summed E-state index contributed by atoms with van der Waals surface area (Å²) < 4.78 is 10.9. The lowest BCUT2D eigenvalue weighted by atomic mass is 10.0. The van der Waals surface area contributed by atoms with Gasteiger partial charge in [-0.05, 0) is 95.1 Å². The largest absolute Gasteiger partial charge is 0.456 e. The van der Waals surface area contributed by atoms with Gasteiger partial charge >= 0.3 is 0 Å². The van der Waals surface area contributed by atoms with Crippen molar-refractivity contribution in [3.63, 3.8) is 0 Å². The van der Waals surface area contributed by atoms with Crippen molar-refractivity contribution >= 4 is 65.6 Å². The molecule has 0 atom stereocenters. The highest BCUT2D eigenvalue weighted by Gasteiger charge is 2.19. The fourth-order valence-corrected chi connectivity index (χ4v) is 10.3. The van der Waals surface area contributed by atoms with E-state index in [1.165, 1.54) is 27.1 Å². The third-order valence-electron chi connectivity index (χ3n) is 13.6. The predicted molar refractivity (Wildman–Crippen MR) is 283 cm³/mol. The Labute approximate surface area is 396 Å². The second-order valence-electron chi connectivity index (χ2n) is 17.6. The first-order chi connectivity index (χ1) is 34.2. The van der Waals surface area contributed by atoms with Crippen LogP contribution in [0.1, 0.15) is 0 Å². The Morgan fingerprint density at radius 3 is 1.45 bits per heavy atom. The summed E-state index contributed by atoms with van der Waals surface area (Å²) in [6.45, 7) is 0. The minimum Gasteiger partial charge on any atom is -0.456 e. The van der Waals surface area contributed by atoms with E-state index >= 15 is 0 Å². The summed E-state index contributed by atoms with van der Waals surface area (Å²) >= 11 is 0. The zero-order valence-corrected chi connectivity index (χ0v) is 37.2. The summed E-state index contributed by atoms with van der Waals surface area (Å²) in [6, 6.07) is 83.6. The zero-order valence-electron chi connectivity index (χ0n) is 37.2. The average molecular weight is 882 g/mol. The molecule has 0 aliphatic carbocycles. The lowest BCUT2D eigenvalue weighted by molar-refractivity contribution is 0.669. The first-order valence-electron chi connectivity index (χ1n) is 23.3. The summed E-state index contributed by atoms with van der Waals surface area (Å²) in [7, 11) is 0. The molecule has 14 aromatic rings. The van der Waals surface area contributed by atoms with Gasteiger partial charge in [0.1, 0.15) is 11.2 Å². The summed E-state index contributed by atoms with van der Waals surface area (Å²) in [6.07, 6.45) is 0. The maximum atomic E-state index is 6.13. The molecule has 6 heteroatoms. The van der Waals surface area contributed by atoms with Crippen LogP contribution >= 0.6 is 0 Å². The molecule has 4 heterocycles. The van der Waals surface area contributed by atoms with Crippen LogP contribution in [-0.2, 0) is 0 Å². The van der Waals surface area contributed by atoms with Crippen molar-refractivity contribution in [2.45, 2.75) is 0 Å². The molecule has 0 aliphatic rings. The molecule has 0 radical (unpaired) electrons. The van der Waals surface area contributed by atoms with Crippen molar-refractivity contribution in [1.29, 1.82) is 0 Å². The molecule has 69 heavy (non-hydrogen) atoms. The summed E-state index contributed by atoms with van der Waals surface area (Å²) in [5.41, 5.74) is 16.0. The van der Waals surface area contributed by atoms with E-state index in [1.54, 1.807) is 0 Å². The van der Waals surface area contributed by atoms with Gasteiger partial charge in [-0.3, -0.25) is 0 Å². The monoisotopic (exact) mass is 881 g/mol. The smallest absolute Gasteiger partial charge is 0.164 e. The van der Waals surface area contributed by atoms with Crippen molar-refractivity contribution in [1.82, 2.24) is 24.1 Å². The average Bonchev–Trinajstić information content (AvgIpc) is 4.08. The van der Waals surface area contributed by atoms with Gasteiger partial charge in [-0.2, -0.15) is 0 Å². The molecule has 0 spiro atoms. The molecule has 0 fully saturated rings. The molecule has 6 nitrogen and oxygen atoms in total. The Kier molecular flexibility index (Phi) is 8.79. The molecule has 0 N–H and O–H groups in total. The van der Waals surface area contributed by atoms with Crippen LogP contribution in [0.25, 0.3) is 133 Å². The van der Waals surface area contributed by atoms with E-state index in [1.807, 2.05) is 72.8 Å². The molecule has 322 valence electrons. The fraction of sp³-hybridized carbons (Fsp3) is 0. The van der Waals surface area contributed by atoms with Crippen LogP contribution < -0.4 is 0 Å². The number of rotatable bonds is 7. The number of fused-ring (bicyclic) bond motifs is 9. The van der Waals surface area contributed by atoms with E-state index < -0.39 is 0 Å². The second kappa shape index (κ2) is 15.6. The quantitative estimate of drug-likeness (QED) is 0.160. The number of benzene rings is 10. The number of hydrogen-bond donors (Lipinski definition) is 0. The normalized spacial score (nSPS) is 11.8. The summed E-state index contributed by atoms with van der Waals surface area (Å²) in [4.78, 5) is 15.0. The Morgan fingerprint density at radius 1 is 0.246 bits per heavy atom. The van der Waals surface area contributed by atoms with Gasteiger partial charge in [0.15, 0.2) is 17.5 Å². The Morgan fingerprint density at radius 2 is 0.725 bits per heavy atom. The molecule has 0 unspecified atom stereocenters. The van der Waals surface area contributed by atoms with Crippen molar-refractivity contribution in [2.24, 2.45) is 0 Å². The van der Waals surface area contributed by atoms with Crippen molar-refractivity contribution in [2.75, 3.05) is 0 Å². The predicted octanol–water partition coefficient (Wildman–Crippen LogP) is 16.3. The molecular formula is C63H39N5O. The third kappa shape index (κ3) is 6.45. The van der Waals surface area contributed by atoms with Crippen molar-refractivity contribution < 1.29 is 4.42 Å². The maximum Gasteiger partial charge on any atom is 0.164 e. The first kappa shape index (κ1) is 38.8. The van der Waals surface area contributed by atoms with Crippen LogP contribution in [0.5, 0.6) is 0 Å². The topological polar surface area (TPSA) is 61.7 Å². The maximum absolute atomic E-state index is 6.13. The third-order valence-corrected chi connectivity index (χ3v) is 13.6. The highest BCUT2D eigenvalue weighted by Crippen LogP contribution is 2.40. The minimum absolute atomic E-state index is 0.623. The summed E-state index contributed by atoms with van der Waals surface area (Å²) in [5, 5.41) is 7.09. The van der Waals surface area contributed by atoms with E-state index in [4.69, 9.17) is 19.4 Å². The van der Waals surface area contributed by atoms with Gasteiger partial charge in [0.05, 0.1) is 22.1 Å². The lowest BCUT2D eigenvalue weighted by Gasteiger charge is -2.12. The SMILES string of the molecule is c1ccc(-c2nc(-c3ccccc3)nc(-c3cccc(-n4c5ccccc5c5cc(-c6ccc7c8ccccc8n(-c8ccc(-c9ccc%10oc%11ccccc%11c%10c9)cc8)c7c6)ccc54)c3)n2)cc1. The molecule has 0 bridgehead atoms. The number of para-hydroxylation sites is 3. The molecule has 14 rings (SSSR count). The molecule has 10 aromatic carbocycles. The Hall–Kier alpha value is -9.39. The van der Waals surface area contributed by atoms with Crippen LogP contribution in [0.2, 0.25) is 0 Å². The molecule has 0 saturated heterocycles. The standard InChI is InChI=1S/C63H39N5O/c1-3-14-41(15-4-1)61-64-62(42-16-5-2-6-17-42)66-63(65-61)46-18-13-19-48(36-46)68-56-24-11-8-21-50(56)53-37-44(29-34-57(53)68)45-28-33-51-49-20-7-10-23-55(49)67(58(51)39-45)47-31-26-40(27-32-47)43-30-35-60-54(38-43)52-22-9-12-25-59(52)69-60/h1-39H. The van der Waals surface area contributed by atoms with Gasteiger partial charge in [0.2, 0.25) is 0 Å². The van der Waals surface area contributed by atoms with Gasteiger partial charge in [-0.25, -0.2) is 15.0 Å². The van der Waals surface area contributed by atoms with Crippen LogP contribution in [0.15, 0.2) is 241 Å². The molecule has 0 saturated carbocycles. The number of hydrogen-bond acceptors (Lipinski definition) is 4. The van der Waals surface area contributed by atoms with E-state index in [0.717, 1.165) is 88.8 Å². The van der Waals surface area contributed by atoms with Crippen LogP contribution in [0, 0.1) is 0 Å². The number of nitrogens with zero attached hydrogens (tertiary/aromatic N) is 5. The fourth-order valence-electron chi connectivity index (χ4n) is 10.3. The number of furan rings is 1. The van der Waals surface area contributed by atoms with E-state index in [9.17, 15) is 0 Å². The second-order valence-corrected chi connectivity index (χ2v) is 17.6. The van der Waals surface area contributed by atoms with Gasteiger partial charge in [0.25, 0.3) is 0 Å². The van der Waals surface area contributed by atoms with Crippen LogP contribution in [0.4, 0.5) is 0 Å². The van der Waals surface area contributed by atoms with E-state index in [-0.39, 0.29) is 0 Å². The highest BCUT2D eigenvalue weighted by molar-refractivity contribution is 6.13. The molecule has 0 amide bonds. The summed E-state index contributed by atoms with van der Waals surface area (Å²) in [5.74, 6) is 1.90. The number of aromatic nitrogens is 5. The van der Waals surface area contributed by atoms with E-state index in [2.05, 4.69) is 173 Å².